The van der Waals surface area contributed by atoms with Gasteiger partial charge < -0.3 is 5.32 Å². The third-order valence-electron chi connectivity index (χ3n) is 3.34. The number of nitrogens with one attached hydrogen (secondary N) is 2. The van der Waals surface area contributed by atoms with Crippen LogP contribution >= 0.6 is 0 Å². The summed E-state index contributed by atoms with van der Waals surface area (Å²) < 4.78 is 27.0. The van der Waals surface area contributed by atoms with Gasteiger partial charge in [0.1, 0.15) is 17.2 Å². The zero-order valence-electron chi connectivity index (χ0n) is 12.7. The van der Waals surface area contributed by atoms with E-state index in [9.17, 15) is 18.4 Å². The molecule has 0 aromatic heterocycles. The highest BCUT2D eigenvalue weighted by Crippen LogP contribution is 2.14. The van der Waals surface area contributed by atoms with Gasteiger partial charge >= 0.3 is 6.03 Å². The second-order valence-electron chi connectivity index (χ2n) is 5.16. The standard InChI is InChI=1S/C17H16F2N2O2/c1-10-6-8-12(9-7-10)11(2)20-17(23)21-16(22)15-13(18)4-3-5-14(15)19/h3-9,11H,1-2H3,(H2,20,21,22,23). The van der Waals surface area contributed by atoms with Crippen molar-refractivity contribution in [3.63, 3.8) is 0 Å². The van der Waals surface area contributed by atoms with Crippen LogP contribution in [0.3, 0.4) is 0 Å². The lowest BCUT2D eigenvalue weighted by Crippen LogP contribution is -2.41. The second-order valence-corrected chi connectivity index (χ2v) is 5.16. The Morgan fingerprint density at radius 3 is 2.13 bits per heavy atom. The summed E-state index contributed by atoms with van der Waals surface area (Å²) in [5.74, 6) is -3.18. The van der Waals surface area contributed by atoms with Crippen LogP contribution in [0.4, 0.5) is 13.6 Å². The number of carbonyl (C=O) groups excluding carboxylic acids is 2. The summed E-state index contributed by atoms with van der Waals surface area (Å²) >= 11 is 0. The van der Waals surface area contributed by atoms with E-state index in [0.29, 0.717) is 0 Å². The van der Waals surface area contributed by atoms with Crippen LogP contribution in [0.25, 0.3) is 0 Å². The molecule has 1 unspecified atom stereocenters. The number of imide groups is 1. The molecule has 2 rings (SSSR count). The molecule has 120 valence electrons. The summed E-state index contributed by atoms with van der Waals surface area (Å²) in [6.45, 7) is 3.68. The molecule has 1 atom stereocenters. The number of aryl methyl sites for hydroxylation is 1. The van der Waals surface area contributed by atoms with Gasteiger partial charge in [0.2, 0.25) is 0 Å². The van der Waals surface area contributed by atoms with E-state index in [1.807, 2.05) is 36.5 Å². The topological polar surface area (TPSA) is 58.2 Å². The first-order valence-electron chi connectivity index (χ1n) is 7.01. The van der Waals surface area contributed by atoms with Gasteiger partial charge in [-0.3, -0.25) is 10.1 Å². The van der Waals surface area contributed by atoms with Gasteiger partial charge in [0.25, 0.3) is 5.91 Å². The van der Waals surface area contributed by atoms with Crippen LogP contribution in [-0.2, 0) is 0 Å². The van der Waals surface area contributed by atoms with Crippen LogP contribution in [0, 0.1) is 18.6 Å². The monoisotopic (exact) mass is 318 g/mol. The minimum atomic E-state index is -1.13. The fourth-order valence-electron chi connectivity index (χ4n) is 2.05. The van der Waals surface area contributed by atoms with Crippen molar-refractivity contribution in [2.24, 2.45) is 0 Å². The molecule has 0 radical (unpaired) electrons. The Balaban J connectivity index is 2.02. The number of amides is 3. The van der Waals surface area contributed by atoms with Crippen LogP contribution in [0.15, 0.2) is 42.5 Å². The summed E-state index contributed by atoms with van der Waals surface area (Å²) in [5, 5.41) is 4.46. The fourth-order valence-corrected chi connectivity index (χ4v) is 2.05. The first-order chi connectivity index (χ1) is 10.9. The van der Waals surface area contributed by atoms with Gasteiger partial charge in [-0.05, 0) is 31.5 Å². The Kier molecular flexibility index (Phi) is 5.05. The van der Waals surface area contributed by atoms with Crippen LogP contribution in [0.1, 0.15) is 34.5 Å². The highest BCUT2D eigenvalue weighted by molar-refractivity contribution is 6.04. The predicted molar refractivity (Wildman–Crippen MR) is 81.9 cm³/mol. The maximum Gasteiger partial charge on any atom is 0.322 e. The van der Waals surface area contributed by atoms with Crippen molar-refractivity contribution in [1.29, 1.82) is 0 Å². The van der Waals surface area contributed by atoms with Crippen LogP contribution < -0.4 is 10.6 Å². The third kappa shape index (κ3) is 4.12. The lowest BCUT2D eigenvalue weighted by atomic mass is 10.1. The van der Waals surface area contributed by atoms with Crippen molar-refractivity contribution < 1.29 is 18.4 Å². The van der Waals surface area contributed by atoms with E-state index >= 15 is 0 Å². The molecule has 0 spiro atoms. The molecule has 0 heterocycles. The van der Waals surface area contributed by atoms with Gasteiger partial charge in [-0.25, -0.2) is 13.6 Å². The molecule has 3 amide bonds. The number of benzene rings is 2. The van der Waals surface area contributed by atoms with E-state index in [1.54, 1.807) is 6.92 Å². The normalized spacial score (nSPS) is 11.7. The number of carbonyl (C=O) groups is 2. The van der Waals surface area contributed by atoms with E-state index in [1.165, 1.54) is 0 Å². The van der Waals surface area contributed by atoms with Crippen LogP contribution in [0.2, 0.25) is 0 Å². The van der Waals surface area contributed by atoms with Crippen molar-refractivity contribution in [2.45, 2.75) is 19.9 Å². The number of halogens is 2. The molecular weight excluding hydrogens is 302 g/mol. The summed E-state index contributed by atoms with van der Waals surface area (Å²) in [4.78, 5) is 23.6. The van der Waals surface area contributed by atoms with Gasteiger partial charge in [-0.2, -0.15) is 0 Å². The number of urea groups is 1. The van der Waals surface area contributed by atoms with E-state index in [-0.39, 0.29) is 6.04 Å². The first kappa shape index (κ1) is 16.6. The second kappa shape index (κ2) is 7.00. The fraction of sp³-hybridized carbons (Fsp3) is 0.176. The molecule has 0 saturated heterocycles. The maximum atomic E-state index is 13.5. The summed E-state index contributed by atoms with van der Waals surface area (Å²) in [7, 11) is 0. The Morgan fingerprint density at radius 2 is 1.57 bits per heavy atom. The number of rotatable bonds is 3. The number of hydrogen-bond acceptors (Lipinski definition) is 2. The van der Waals surface area contributed by atoms with Gasteiger partial charge in [0, 0.05) is 0 Å². The molecule has 0 saturated carbocycles. The van der Waals surface area contributed by atoms with Crippen molar-refractivity contribution >= 4 is 11.9 Å². The Hall–Kier alpha value is -2.76. The first-order valence-corrected chi connectivity index (χ1v) is 7.01. The zero-order valence-corrected chi connectivity index (χ0v) is 12.7. The smallest absolute Gasteiger partial charge is 0.322 e. The van der Waals surface area contributed by atoms with Gasteiger partial charge in [0.15, 0.2) is 0 Å². The van der Waals surface area contributed by atoms with Crippen molar-refractivity contribution in [3.8, 4) is 0 Å². The molecule has 2 N–H and O–H groups in total. The minimum absolute atomic E-state index is 0.367. The minimum Gasteiger partial charge on any atom is -0.331 e. The molecule has 4 nitrogen and oxygen atoms in total. The van der Waals surface area contributed by atoms with Gasteiger partial charge in [-0.1, -0.05) is 35.9 Å². The molecule has 2 aromatic rings. The highest BCUT2D eigenvalue weighted by atomic mass is 19.1. The van der Waals surface area contributed by atoms with Crippen molar-refractivity contribution in [2.75, 3.05) is 0 Å². The largest absolute Gasteiger partial charge is 0.331 e. The van der Waals surface area contributed by atoms with E-state index in [2.05, 4.69) is 5.32 Å². The molecule has 2 aromatic carbocycles. The zero-order chi connectivity index (χ0) is 17.0. The van der Waals surface area contributed by atoms with E-state index in [4.69, 9.17) is 0 Å². The summed E-state index contributed by atoms with van der Waals surface area (Å²) in [5.41, 5.74) is 1.14. The van der Waals surface area contributed by atoms with E-state index in [0.717, 1.165) is 29.3 Å². The SMILES string of the molecule is Cc1ccc(C(C)NC(=O)NC(=O)c2c(F)cccc2F)cc1. The molecule has 23 heavy (non-hydrogen) atoms. The summed E-state index contributed by atoms with van der Waals surface area (Å²) in [6.07, 6.45) is 0. The molecule has 0 bridgehead atoms. The Labute approximate surface area is 132 Å². The molecular formula is C17H16F2N2O2. The number of hydrogen-bond donors (Lipinski definition) is 2. The quantitative estimate of drug-likeness (QED) is 0.910. The molecule has 6 heteroatoms. The van der Waals surface area contributed by atoms with Gasteiger partial charge in [-0.15, -0.1) is 0 Å². The Bertz CT molecular complexity index is 710. The average molecular weight is 318 g/mol. The van der Waals surface area contributed by atoms with Crippen LogP contribution in [-0.4, -0.2) is 11.9 Å². The molecule has 0 aliphatic rings. The molecule has 0 aliphatic carbocycles. The molecule has 0 fully saturated rings. The van der Waals surface area contributed by atoms with Crippen molar-refractivity contribution in [1.82, 2.24) is 10.6 Å². The lowest BCUT2D eigenvalue weighted by molar-refractivity contribution is 0.0955. The molecule has 0 aliphatic heterocycles. The maximum absolute atomic E-state index is 13.5. The van der Waals surface area contributed by atoms with Gasteiger partial charge in [0.05, 0.1) is 6.04 Å². The van der Waals surface area contributed by atoms with Crippen LogP contribution in [0.5, 0.6) is 0 Å². The summed E-state index contributed by atoms with van der Waals surface area (Å²) in [6, 6.07) is 9.32. The predicted octanol–water partition coefficient (Wildman–Crippen LogP) is 3.47. The average Bonchev–Trinajstić information content (AvgIpc) is 2.47. The lowest BCUT2D eigenvalue weighted by Gasteiger charge is -2.15. The van der Waals surface area contributed by atoms with E-state index < -0.39 is 29.1 Å². The van der Waals surface area contributed by atoms with Crippen molar-refractivity contribution in [3.05, 3.63) is 70.8 Å². The third-order valence-corrected chi connectivity index (χ3v) is 3.34. The Morgan fingerprint density at radius 1 is 1.00 bits per heavy atom. The highest BCUT2D eigenvalue weighted by Gasteiger charge is 2.20.